The molecular formula is C13H17BrN2O5. The van der Waals surface area contributed by atoms with Gasteiger partial charge in [-0.05, 0) is 35.5 Å². The van der Waals surface area contributed by atoms with Crippen LogP contribution in [0.1, 0.15) is 20.3 Å². The van der Waals surface area contributed by atoms with E-state index in [4.69, 9.17) is 4.74 Å². The molecule has 8 heteroatoms. The van der Waals surface area contributed by atoms with E-state index in [1.54, 1.807) is 6.92 Å². The van der Waals surface area contributed by atoms with Gasteiger partial charge in [0.05, 0.1) is 22.1 Å². The molecule has 1 atom stereocenters. The number of nitro benzene ring substituents is 1. The van der Waals surface area contributed by atoms with E-state index >= 15 is 0 Å². The molecule has 0 heterocycles. The number of likely N-dealkylation sites (N-methyl/N-ethyl adjacent to an activating group) is 1. The lowest BCUT2D eigenvalue weighted by Crippen LogP contribution is -2.50. The molecule has 0 saturated carbocycles. The Morgan fingerprint density at radius 2 is 2.24 bits per heavy atom. The Morgan fingerprint density at radius 3 is 2.76 bits per heavy atom. The maximum Gasteiger partial charge on any atom is 0.323 e. The van der Waals surface area contributed by atoms with E-state index in [-0.39, 0.29) is 18.7 Å². The van der Waals surface area contributed by atoms with Gasteiger partial charge in [0, 0.05) is 12.5 Å². The first kappa shape index (κ1) is 17.4. The predicted octanol–water partition coefficient (Wildman–Crippen LogP) is 2.58. The van der Waals surface area contributed by atoms with Crippen molar-refractivity contribution in [1.82, 2.24) is 5.32 Å². The first-order valence-electron chi connectivity index (χ1n) is 6.35. The summed E-state index contributed by atoms with van der Waals surface area (Å²) in [7, 11) is 0. The lowest BCUT2D eigenvalue weighted by molar-refractivity contribution is -0.385. The molecule has 0 bridgehead atoms. The number of ether oxygens (including phenoxy) is 1. The van der Waals surface area contributed by atoms with Gasteiger partial charge in [-0.3, -0.25) is 14.9 Å². The summed E-state index contributed by atoms with van der Waals surface area (Å²) in [6.07, 6.45) is 0.227. The molecule has 0 fully saturated rings. The van der Waals surface area contributed by atoms with Gasteiger partial charge < -0.3 is 15.2 Å². The van der Waals surface area contributed by atoms with Gasteiger partial charge in [-0.1, -0.05) is 6.92 Å². The Labute approximate surface area is 130 Å². The number of nitrogens with zero attached hydrogens (tertiary/aromatic N) is 1. The van der Waals surface area contributed by atoms with Crippen LogP contribution in [0.5, 0.6) is 5.75 Å². The maximum absolute atomic E-state index is 11.2. The third kappa shape index (κ3) is 4.68. The van der Waals surface area contributed by atoms with Crippen molar-refractivity contribution in [1.29, 1.82) is 0 Å². The predicted molar refractivity (Wildman–Crippen MR) is 80.6 cm³/mol. The van der Waals surface area contributed by atoms with Crippen molar-refractivity contribution >= 4 is 27.6 Å². The molecule has 1 unspecified atom stereocenters. The van der Waals surface area contributed by atoms with Crippen LogP contribution in [0.4, 0.5) is 5.69 Å². The Balaban J connectivity index is 2.73. The molecule has 0 aliphatic carbocycles. The minimum absolute atomic E-state index is 0.0825. The molecule has 1 aromatic rings. The van der Waals surface area contributed by atoms with Gasteiger partial charge in [-0.15, -0.1) is 0 Å². The number of benzene rings is 1. The van der Waals surface area contributed by atoms with Crippen LogP contribution >= 0.6 is 15.9 Å². The molecule has 0 spiro atoms. The second kappa shape index (κ2) is 7.37. The lowest BCUT2D eigenvalue weighted by Gasteiger charge is -2.25. The number of rotatable bonds is 8. The minimum Gasteiger partial charge on any atom is -0.492 e. The summed E-state index contributed by atoms with van der Waals surface area (Å²) in [6.45, 7) is 4.03. The fraction of sp³-hybridized carbons (Fsp3) is 0.462. The van der Waals surface area contributed by atoms with Crippen LogP contribution in [-0.4, -0.2) is 34.7 Å². The number of hydrogen-bond acceptors (Lipinski definition) is 5. The highest BCUT2D eigenvalue weighted by molar-refractivity contribution is 9.10. The fourth-order valence-electron chi connectivity index (χ4n) is 1.74. The molecular weight excluding hydrogens is 344 g/mol. The third-order valence-electron chi connectivity index (χ3n) is 3.02. The second-order valence-electron chi connectivity index (χ2n) is 4.64. The summed E-state index contributed by atoms with van der Waals surface area (Å²) < 4.78 is 6.04. The molecule has 0 radical (unpaired) electrons. The summed E-state index contributed by atoms with van der Waals surface area (Å²) in [5.74, 6) is -0.653. The zero-order chi connectivity index (χ0) is 16.0. The number of carboxylic acid groups (broad SMARTS) is 1. The standard InChI is InChI=1S/C13H17BrN2O5/c1-3-15-13(2,12(17)18)6-7-21-11-8-9(16(19)20)4-5-10(11)14/h4-5,8,15H,3,6-7H2,1-2H3,(H,17,18). The highest BCUT2D eigenvalue weighted by atomic mass is 79.9. The van der Waals surface area contributed by atoms with Crippen LogP contribution < -0.4 is 10.1 Å². The van der Waals surface area contributed by atoms with Gasteiger partial charge in [-0.2, -0.15) is 0 Å². The van der Waals surface area contributed by atoms with Crippen molar-refractivity contribution in [2.75, 3.05) is 13.2 Å². The Bertz CT molecular complexity index is 537. The van der Waals surface area contributed by atoms with E-state index in [0.29, 0.717) is 16.8 Å². The van der Waals surface area contributed by atoms with E-state index in [1.165, 1.54) is 18.2 Å². The average Bonchev–Trinajstić information content (AvgIpc) is 2.40. The molecule has 1 aromatic carbocycles. The van der Waals surface area contributed by atoms with Crippen molar-refractivity contribution in [3.63, 3.8) is 0 Å². The van der Waals surface area contributed by atoms with Gasteiger partial charge in [0.25, 0.3) is 5.69 Å². The SMILES string of the molecule is CCNC(C)(CCOc1cc([N+](=O)[O-])ccc1Br)C(=O)O. The van der Waals surface area contributed by atoms with Crippen molar-refractivity contribution < 1.29 is 19.6 Å². The topological polar surface area (TPSA) is 102 Å². The summed E-state index contributed by atoms with van der Waals surface area (Å²) in [6, 6.07) is 4.18. The number of aliphatic carboxylic acids is 1. The van der Waals surface area contributed by atoms with Crippen molar-refractivity contribution in [3.05, 3.63) is 32.8 Å². The molecule has 1 rings (SSSR count). The minimum atomic E-state index is -1.10. The molecule has 0 aliphatic rings. The Kier molecular flexibility index (Phi) is 6.10. The zero-order valence-corrected chi connectivity index (χ0v) is 13.3. The summed E-state index contributed by atoms with van der Waals surface area (Å²) >= 11 is 3.24. The van der Waals surface area contributed by atoms with Crippen LogP contribution in [0.2, 0.25) is 0 Å². The highest BCUT2D eigenvalue weighted by Gasteiger charge is 2.31. The Hall–Kier alpha value is -1.67. The molecule has 0 aliphatic heterocycles. The fourth-order valence-corrected chi connectivity index (χ4v) is 2.10. The van der Waals surface area contributed by atoms with E-state index in [2.05, 4.69) is 21.2 Å². The molecule has 116 valence electrons. The quantitative estimate of drug-likeness (QED) is 0.545. The summed E-state index contributed by atoms with van der Waals surface area (Å²) in [5.41, 5.74) is -1.18. The number of halogens is 1. The third-order valence-corrected chi connectivity index (χ3v) is 3.68. The first-order valence-corrected chi connectivity index (χ1v) is 7.14. The van der Waals surface area contributed by atoms with Crippen molar-refractivity contribution in [2.45, 2.75) is 25.8 Å². The lowest BCUT2D eigenvalue weighted by atomic mass is 9.98. The maximum atomic E-state index is 11.2. The molecule has 21 heavy (non-hydrogen) atoms. The number of hydrogen-bond donors (Lipinski definition) is 2. The summed E-state index contributed by atoms with van der Waals surface area (Å²) in [4.78, 5) is 21.5. The monoisotopic (exact) mass is 360 g/mol. The molecule has 2 N–H and O–H groups in total. The number of carbonyl (C=O) groups is 1. The highest BCUT2D eigenvalue weighted by Crippen LogP contribution is 2.29. The van der Waals surface area contributed by atoms with Gasteiger partial charge in [0.1, 0.15) is 11.3 Å². The average molecular weight is 361 g/mol. The van der Waals surface area contributed by atoms with Crippen LogP contribution in [0.25, 0.3) is 0 Å². The molecule has 0 aromatic heterocycles. The van der Waals surface area contributed by atoms with E-state index in [0.717, 1.165) is 0 Å². The van der Waals surface area contributed by atoms with E-state index in [1.807, 2.05) is 6.92 Å². The van der Waals surface area contributed by atoms with Crippen molar-refractivity contribution in [3.8, 4) is 5.75 Å². The van der Waals surface area contributed by atoms with E-state index < -0.39 is 16.4 Å². The number of non-ortho nitro benzene ring substituents is 1. The van der Waals surface area contributed by atoms with Crippen molar-refractivity contribution in [2.24, 2.45) is 0 Å². The van der Waals surface area contributed by atoms with Gasteiger partial charge in [0.15, 0.2) is 0 Å². The number of nitro groups is 1. The van der Waals surface area contributed by atoms with Gasteiger partial charge in [-0.25, -0.2) is 0 Å². The number of carboxylic acids is 1. The number of nitrogens with one attached hydrogen (secondary N) is 1. The van der Waals surface area contributed by atoms with Crippen LogP contribution in [0.15, 0.2) is 22.7 Å². The van der Waals surface area contributed by atoms with Crippen LogP contribution in [0.3, 0.4) is 0 Å². The normalized spacial score (nSPS) is 13.5. The molecule has 0 amide bonds. The molecule has 0 saturated heterocycles. The second-order valence-corrected chi connectivity index (χ2v) is 5.49. The summed E-state index contributed by atoms with van der Waals surface area (Å²) in [5, 5.41) is 22.8. The largest absolute Gasteiger partial charge is 0.492 e. The molecule has 7 nitrogen and oxygen atoms in total. The van der Waals surface area contributed by atoms with E-state index in [9.17, 15) is 20.0 Å². The first-order chi connectivity index (χ1) is 9.80. The smallest absolute Gasteiger partial charge is 0.323 e. The van der Waals surface area contributed by atoms with Crippen LogP contribution in [-0.2, 0) is 4.79 Å². The van der Waals surface area contributed by atoms with Gasteiger partial charge in [0.2, 0.25) is 0 Å². The Morgan fingerprint density at radius 1 is 1.57 bits per heavy atom. The van der Waals surface area contributed by atoms with Gasteiger partial charge >= 0.3 is 5.97 Å². The zero-order valence-electron chi connectivity index (χ0n) is 11.8. The van der Waals surface area contributed by atoms with Crippen LogP contribution in [0, 0.1) is 10.1 Å².